The van der Waals surface area contributed by atoms with Crippen molar-refractivity contribution in [2.75, 3.05) is 5.32 Å². The van der Waals surface area contributed by atoms with Crippen LogP contribution in [0.15, 0.2) is 45.7 Å². The topological polar surface area (TPSA) is 103 Å². The molecule has 0 aliphatic carbocycles. The first-order chi connectivity index (χ1) is 13.5. The van der Waals surface area contributed by atoms with Crippen LogP contribution in [0.4, 0.5) is 5.69 Å². The molecule has 28 heavy (non-hydrogen) atoms. The first-order valence-electron chi connectivity index (χ1n) is 9.03. The van der Waals surface area contributed by atoms with Gasteiger partial charge in [-0.05, 0) is 25.5 Å². The number of nitrogens with one attached hydrogen (secondary N) is 1. The van der Waals surface area contributed by atoms with Gasteiger partial charge in [0.25, 0.3) is 5.56 Å². The van der Waals surface area contributed by atoms with E-state index in [0.717, 1.165) is 17.4 Å². The Bertz CT molecular complexity index is 1070. The van der Waals surface area contributed by atoms with Gasteiger partial charge < -0.3 is 14.6 Å². The van der Waals surface area contributed by atoms with Crippen molar-refractivity contribution < 1.29 is 18.8 Å². The van der Waals surface area contributed by atoms with E-state index in [1.807, 2.05) is 6.92 Å². The summed E-state index contributed by atoms with van der Waals surface area (Å²) in [6.07, 6.45) is 2.07. The van der Waals surface area contributed by atoms with Gasteiger partial charge in [-0.3, -0.25) is 9.59 Å². The van der Waals surface area contributed by atoms with Crippen LogP contribution in [0, 0.1) is 6.92 Å². The summed E-state index contributed by atoms with van der Waals surface area (Å²) in [6.45, 7) is 3.53. The molecule has 1 amide bonds. The van der Waals surface area contributed by atoms with Crippen molar-refractivity contribution in [1.29, 1.82) is 0 Å². The van der Waals surface area contributed by atoms with E-state index in [9.17, 15) is 14.4 Å². The molecule has 0 unspecified atom stereocenters. The smallest absolute Gasteiger partial charge is 0.340 e. The van der Waals surface area contributed by atoms with Crippen LogP contribution in [0.2, 0.25) is 0 Å². The standard InChI is InChI=1S/C20H21N3O5/c1-3-4-9-18(24)22-16-8-6-5-7-15(16)20(26)27-12-14-11-19(25)23-17(21-14)10-13(2)28-23/h5-8,10-11H,3-4,9,12H2,1-2H3,(H,22,24). The monoisotopic (exact) mass is 383 g/mol. The van der Waals surface area contributed by atoms with Crippen molar-refractivity contribution in [3.05, 3.63) is 63.8 Å². The van der Waals surface area contributed by atoms with E-state index >= 15 is 0 Å². The van der Waals surface area contributed by atoms with Gasteiger partial charge >= 0.3 is 5.97 Å². The maximum atomic E-state index is 12.5. The average molecular weight is 383 g/mol. The van der Waals surface area contributed by atoms with Crippen molar-refractivity contribution in [2.45, 2.75) is 39.7 Å². The first kappa shape index (κ1) is 19.3. The lowest BCUT2D eigenvalue weighted by atomic mass is 10.1. The zero-order chi connectivity index (χ0) is 20.1. The molecule has 0 aliphatic heterocycles. The molecule has 0 saturated heterocycles. The maximum Gasteiger partial charge on any atom is 0.340 e. The number of anilines is 1. The molecule has 0 spiro atoms. The molecular formula is C20H21N3O5. The quantitative estimate of drug-likeness (QED) is 0.629. The molecule has 0 bridgehead atoms. The summed E-state index contributed by atoms with van der Waals surface area (Å²) >= 11 is 0. The molecule has 2 aromatic heterocycles. The van der Waals surface area contributed by atoms with Crippen LogP contribution >= 0.6 is 0 Å². The highest BCUT2D eigenvalue weighted by atomic mass is 16.5. The Balaban J connectivity index is 1.71. The Hall–Kier alpha value is -3.42. The van der Waals surface area contributed by atoms with Gasteiger partial charge in [0.1, 0.15) is 12.4 Å². The number of unbranched alkanes of at least 4 members (excludes halogenated alkanes) is 1. The number of ether oxygens (including phenoxy) is 1. The molecule has 2 heterocycles. The number of carbonyl (C=O) groups is 2. The van der Waals surface area contributed by atoms with Gasteiger partial charge in [-0.25, -0.2) is 9.78 Å². The van der Waals surface area contributed by atoms with Crippen molar-refractivity contribution >= 4 is 23.2 Å². The van der Waals surface area contributed by atoms with Gasteiger partial charge in [-0.2, -0.15) is 0 Å². The lowest BCUT2D eigenvalue weighted by Crippen LogP contribution is -2.17. The predicted octanol–water partition coefficient (Wildman–Crippen LogP) is 3.08. The molecule has 146 valence electrons. The summed E-state index contributed by atoms with van der Waals surface area (Å²) < 4.78 is 11.6. The molecule has 3 rings (SSSR count). The lowest BCUT2D eigenvalue weighted by Gasteiger charge is -2.10. The summed E-state index contributed by atoms with van der Waals surface area (Å²) in [5.74, 6) is -0.221. The van der Waals surface area contributed by atoms with E-state index < -0.39 is 11.5 Å². The number of amides is 1. The molecule has 0 saturated carbocycles. The molecule has 3 aromatic rings. The minimum absolute atomic E-state index is 0.155. The third-order valence-corrected chi connectivity index (χ3v) is 4.05. The van der Waals surface area contributed by atoms with Crippen LogP contribution in [0.3, 0.4) is 0 Å². The number of rotatable bonds is 7. The number of nitrogens with zero attached hydrogens (tertiary/aromatic N) is 2. The molecular weight excluding hydrogens is 362 g/mol. The summed E-state index contributed by atoms with van der Waals surface area (Å²) in [4.78, 5) is 40.7. The number of hydrogen-bond acceptors (Lipinski definition) is 6. The van der Waals surface area contributed by atoms with Gasteiger partial charge in [-0.1, -0.05) is 25.5 Å². The summed E-state index contributed by atoms with van der Waals surface area (Å²) in [7, 11) is 0. The summed E-state index contributed by atoms with van der Waals surface area (Å²) in [6, 6.07) is 9.50. The number of fused-ring (bicyclic) bond motifs is 1. The SMILES string of the molecule is CCCCC(=O)Nc1ccccc1C(=O)OCc1cc(=O)n2oc(C)cc2n1. The van der Waals surface area contributed by atoms with E-state index in [2.05, 4.69) is 10.3 Å². The number of hydrogen-bond donors (Lipinski definition) is 1. The van der Waals surface area contributed by atoms with Crippen LogP contribution in [0.25, 0.3) is 5.65 Å². The largest absolute Gasteiger partial charge is 0.456 e. The first-order valence-corrected chi connectivity index (χ1v) is 9.03. The summed E-state index contributed by atoms with van der Waals surface area (Å²) in [5, 5.41) is 2.74. The second kappa shape index (κ2) is 8.51. The number of aryl methyl sites for hydroxylation is 1. The van der Waals surface area contributed by atoms with E-state index in [0.29, 0.717) is 29.2 Å². The average Bonchev–Trinajstić information content (AvgIpc) is 3.06. The van der Waals surface area contributed by atoms with Gasteiger partial charge in [-0.15, -0.1) is 4.57 Å². The van der Waals surface area contributed by atoms with Crippen molar-refractivity contribution in [3.8, 4) is 0 Å². The third kappa shape index (κ3) is 4.46. The van der Waals surface area contributed by atoms with Gasteiger partial charge in [0.2, 0.25) is 5.91 Å². The van der Waals surface area contributed by atoms with Crippen LogP contribution in [-0.4, -0.2) is 21.4 Å². The Kier molecular flexibility index (Phi) is 5.88. The molecule has 0 aliphatic rings. The van der Waals surface area contributed by atoms with E-state index in [-0.39, 0.29) is 18.1 Å². The Labute approximate surface area is 161 Å². The number of para-hydroxylation sites is 1. The van der Waals surface area contributed by atoms with Crippen LogP contribution in [-0.2, 0) is 16.1 Å². The van der Waals surface area contributed by atoms with Crippen molar-refractivity contribution in [2.24, 2.45) is 0 Å². The third-order valence-electron chi connectivity index (χ3n) is 4.05. The fourth-order valence-electron chi connectivity index (χ4n) is 2.69. The Morgan fingerprint density at radius 3 is 2.82 bits per heavy atom. The molecule has 0 atom stereocenters. The molecule has 1 aromatic carbocycles. The number of esters is 1. The number of aromatic nitrogens is 2. The maximum absolute atomic E-state index is 12.5. The minimum Gasteiger partial charge on any atom is -0.456 e. The normalized spacial score (nSPS) is 10.8. The molecule has 1 N–H and O–H groups in total. The zero-order valence-corrected chi connectivity index (χ0v) is 15.7. The highest BCUT2D eigenvalue weighted by molar-refractivity contribution is 6.01. The molecule has 8 nitrogen and oxygen atoms in total. The second-order valence-corrected chi connectivity index (χ2v) is 6.36. The van der Waals surface area contributed by atoms with Crippen molar-refractivity contribution in [3.63, 3.8) is 0 Å². The highest BCUT2D eigenvalue weighted by Gasteiger charge is 2.15. The van der Waals surface area contributed by atoms with Gasteiger partial charge in [0, 0.05) is 18.6 Å². The highest BCUT2D eigenvalue weighted by Crippen LogP contribution is 2.17. The van der Waals surface area contributed by atoms with Crippen LogP contribution < -0.4 is 10.9 Å². The van der Waals surface area contributed by atoms with E-state index in [1.54, 1.807) is 37.3 Å². The van der Waals surface area contributed by atoms with E-state index in [1.165, 1.54) is 6.07 Å². The molecule has 0 radical (unpaired) electrons. The fourth-order valence-corrected chi connectivity index (χ4v) is 2.69. The zero-order valence-electron chi connectivity index (χ0n) is 15.7. The number of carbonyl (C=O) groups excluding carboxylic acids is 2. The minimum atomic E-state index is -0.614. The van der Waals surface area contributed by atoms with Crippen molar-refractivity contribution in [1.82, 2.24) is 9.56 Å². The number of benzene rings is 1. The second-order valence-electron chi connectivity index (χ2n) is 6.36. The fraction of sp³-hybridized carbons (Fsp3) is 0.300. The molecule has 8 heteroatoms. The van der Waals surface area contributed by atoms with Crippen LogP contribution in [0.1, 0.15) is 48.0 Å². The molecule has 0 fully saturated rings. The van der Waals surface area contributed by atoms with Gasteiger partial charge in [0.05, 0.1) is 16.9 Å². The Morgan fingerprint density at radius 1 is 1.25 bits per heavy atom. The van der Waals surface area contributed by atoms with Crippen LogP contribution in [0.5, 0.6) is 0 Å². The Morgan fingerprint density at radius 2 is 2.04 bits per heavy atom. The summed E-state index contributed by atoms with van der Waals surface area (Å²) in [5.41, 5.74) is 0.892. The van der Waals surface area contributed by atoms with E-state index in [4.69, 9.17) is 9.26 Å². The van der Waals surface area contributed by atoms with Gasteiger partial charge in [0.15, 0.2) is 5.65 Å². The predicted molar refractivity (Wildman–Crippen MR) is 102 cm³/mol. The lowest BCUT2D eigenvalue weighted by molar-refractivity contribution is -0.116.